The van der Waals surface area contributed by atoms with Crippen molar-refractivity contribution in [1.82, 2.24) is 24.6 Å². The van der Waals surface area contributed by atoms with Crippen molar-refractivity contribution >= 4 is 11.6 Å². The van der Waals surface area contributed by atoms with Crippen LogP contribution in [0.15, 0.2) is 42.7 Å². The summed E-state index contributed by atoms with van der Waals surface area (Å²) in [5.74, 6) is -3.83. The summed E-state index contributed by atoms with van der Waals surface area (Å²) in [6.07, 6.45) is -6.90. The maximum absolute atomic E-state index is 16.0. The lowest BCUT2D eigenvalue weighted by atomic mass is 9.59. The first-order valence-corrected chi connectivity index (χ1v) is 14.1. The number of piperazine rings is 1. The van der Waals surface area contributed by atoms with Crippen LogP contribution in [0, 0.1) is 0 Å². The molecule has 13 heteroatoms. The molecule has 6 rings (SSSR count). The van der Waals surface area contributed by atoms with Gasteiger partial charge in [-0.3, -0.25) is 9.69 Å². The molecular weight excluding hydrogens is 574 g/mol. The Morgan fingerprint density at radius 2 is 1.70 bits per heavy atom. The number of nitrogens with zero attached hydrogens (tertiary/aromatic N) is 6. The van der Waals surface area contributed by atoms with E-state index in [1.165, 1.54) is 47.1 Å². The minimum absolute atomic E-state index is 0.0384. The van der Waals surface area contributed by atoms with Gasteiger partial charge in [0.15, 0.2) is 12.0 Å². The Morgan fingerprint density at radius 3 is 2.30 bits per heavy atom. The first-order valence-electron chi connectivity index (χ1n) is 14.1. The molecule has 0 spiro atoms. The quantitative estimate of drug-likeness (QED) is 0.338. The summed E-state index contributed by atoms with van der Waals surface area (Å²) in [6, 6.07) is 8.30. The zero-order valence-electron chi connectivity index (χ0n) is 24.0. The summed E-state index contributed by atoms with van der Waals surface area (Å²) in [6.45, 7) is 4.44. The zero-order chi connectivity index (χ0) is 30.9. The lowest BCUT2D eigenvalue weighted by Crippen LogP contribution is -2.52. The summed E-state index contributed by atoms with van der Waals surface area (Å²) in [4.78, 5) is 19.2. The first kappa shape index (κ1) is 29.6. The lowest BCUT2D eigenvalue weighted by Gasteiger charge is -2.49. The first-order chi connectivity index (χ1) is 20.2. The fourth-order valence-corrected chi connectivity index (χ4v) is 6.71. The smallest absolute Gasteiger partial charge is 0.318 e. The van der Waals surface area contributed by atoms with Gasteiger partial charge in [-0.2, -0.15) is 13.2 Å². The van der Waals surface area contributed by atoms with Crippen LogP contribution in [0.4, 0.5) is 32.0 Å². The summed E-state index contributed by atoms with van der Waals surface area (Å²) in [5.41, 5.74) is -1.85. The predicted octanol–water partition coefficient (Wildman–Crippen LogP) is 5.68. The molecule has 1 aliphatic carbocycles. The number of hydrogen-bond acceptors (Lipinski definition) is 5. The number of hydrogen-bond donors (Lipinski definition) is 0. The molecule has 1 saturated carbocycles. The van der Waals surface area contributed by atoms with Gasteiger partial charge in [0.2, 0.25) is 5.92 Å². The second-order valence-corrected chi connectivity index (χ2v) is 12.1. The number of fused-ring (bicyclic) bond motifs is 1. The molecule has 7 nitrogen and oxygen atoms in total. The average molecular weight is 607 g/mol. The van der Waals surface area contributed by atoms with E-state index < -0.39 is 48.0 Å². The van der Waals surface area contributed by atoms with Gasteiger partial charge in [0.25, 0.3) is 5.91 Å². The maximum Gasteiger partial charge on any atom is 0.416 e. The fourth-order valence-electron chi connectivity index (χ4n) is 6.71. The molecule has 0 radical (unpaired) electrons. The molecule has 230 valence electrons. The molecule has 1 aromatic heterocycles. The molecule has 0 N–H and O–H groups in total. The highest BCUT2D eigenvalue weighted by atomic mass is 19.4. The second-order valence-electron chi connectivity index (χ2n) is 12.1. The minimum atomic E-state index is -4.70. The Hall–Kier alpha value is -3.45. The van der Waals surface area contributed by atoms with Crippen LogP contribution in [0.3, 0.4) is 0 Å². The topological polar surface area (TPSA) is 57.5 Å². The van der Waals surface area contributed by atoms with E-state index in [0.717, 1.165) is 19.2 Å². The molecule has 2 fully saturated rings. The number of halogens is 6. The molecule has 43 heavy (non-hydrogen) atoms. The zero-order valence-corrected chi connectivity index (χ0v) is 24.0. The summed E-state index contributed by atoms with van der Waals surface area (Å²) in [5, 5.41) is 7.46. The Bertz CT molecular complexity index is 1540. The van der Waals surface area contributed by atoms with Crippen molar-refractivity contribution in [2.45, 2.75) is 56.0 Å². The van der Waals surface area contributed by atoms with Crippen molar-refractivity contribution in [1.29, 1.82) is 0 Å². The van der Waals surface area contributed by atoms with Crippen LogP contribution in [0.2, 0.25) is 0 Å². The van der Waals surface area contributed by atoms with E-state index in [0.29, 0.717) is 18.7 Å². The van der Waals surface area contributed by atoms with Gasteiger partial charge in [-0.25, -0.2) is 13.2 Å². The number of aryl methyl sites for hydroxylation is 1. The largest absolute Gasteiger partial charge is 0.416 e. The summed E-state index contributed by atoms with van der Waals surface area (Å²) >= 11 is 0. The fraction of sp³-hybridized carbons (Fsp3) is 0.500. The van der Waals surface area contributed by atoms with Crippen LogP contribution in [0.1, 0.15) is 70.4 Å². The van der Waals surface area contributed by atoms with Crippen molar-refractivity contribution < 1.29 is 31.1 Å². The third kappa shape index (κ3) is 5.09. The van der Waals surface area contributed by atoms with E-state index in [1.807, 2.05) is 14.0 Å². The lowest BCUT2D eigenvalue weighted by molar-refractivity contribution is -0.151. The van der Waals surface area contributed by atoms with Gasteiger partial charge in [-0.1, -0.05) is 12.1 Å². The van der Waals surface area contributed by atoms with E-state index in [1.54, 1.807) is 6.07 Å². The van der Waals surface area contributed by atoms with Crippen molar-refractivity contribution in [3.05, 3.63) is 76.4 Å². The van der Waals surface area contributed by atoms with Crippen LogP contribution in [-0.2, 0) is 25.2 Å². The molecule has 2 atom stereocenters. The van der Waals surface area contributed by atoms with Gasteiger partial charge in [0.05, 0.1) is 12.1 Å². The molecule has 2 aliphatic heterocycles. The van der Waals surface area contributed by atoms with E-state index in [2.05, 4.69) is 20.0 Å². The van der Waals surface area contributed by atoms with Gasteiger partial charge in [0, 0.05) is 68.8 Å². The highest BCUT2D eigenvalue weighted by molar-refractivity contribution is 6.10. The molecule has 2 unspecified atom stereocenters. The average Bonchev–Trinajstić information content (AvgIpc) is 3.52. The standard InChI is InChI=1S/C30H32F6N6O/c1-18(41-9-7-39(2)8-10-41)19-11-22-23(24(12-19)30(34,35)36)14-42(27(22)43)21-6-4-5-20(13-21)28(15-29(32,33)16-28)25(31)26-38-37-17-40(26)3/h4-6,11-13,17-18,25H,7-10,14-16H2,1-3H3. The van der Waals surface area contributed by atoms with Gasteiger partial charge >= 0.3 is 6.18 Å². The molecule has 3 aliphatic rings. The minimum Gasteiger partial charge on any atom is -0.318 e. The SMILES string of the molecule is CC(c1cc2c(c(C(F)(F)F)c1)CN(c1cccc(C3(C(F)c4nncn4C)CC(F)(F)C3)c1)C2=O)N1CCN(C)CC1. The van der Waals surface area contributed by atoms with Crippen LogP contribution < -0.4 is 4.90 Å². The maximum atomic E-state index is 16.0. The van der Waals surface area contributed by atoms with Crippen LogP contribution >= 0.6 is 0 Å². The van der Waals surface area contributed by atoms with Gasteiger partial charge in [0.1, 0.15) is 6.33 Å². The third-order valence-electron chi connectivity index (χ3n) is 9.28. The number of amides is 1. The third-order valence-corrected chi connectivity index (χ3v) is 9.28. The number of alkyl halides is 6. The Morgan fingerprint density at radius 1 is 1.00 bits per heavy atom. The normalized spacial score (nSPS) is 21.9. The summed E-state index contributed by atoms with van der Waals surface area (Å²) in [7, 11) is 3.50. The molecule has 0 bridgehead atoms. The van der Waals surface area contributed by atoms with Crippen molar-refractivity contribution in [2.75, 3.05) is 38.1 Å². The van der Waals surface area contributed by atoms with E-state index in [4.69, 9.17) is 0 Å². The molecule has 1 saturated heterocycles. The number of carbonyl (C=O) groups excluding carboxylic acids is 1. The second kappa shape index (κ2) is 10.3. The summed E-state index contributed by atoms with van der Waals surface area (Å²) < 4.78 is 89.0. The number of anilines is 1. The van der Waals surface area contributed by atoms with E-state index in [9.17, 15) is 26.7 Å². The van der Waals surface area contributed by atoms with Crippen LogP contribution in [0.5, 0.6) is 0 Å². The van der Waals surface area contributed by atoms with Crippen molar-refractivity contribution in [2.24, 2.45) is 7.05 Å². The molecular formula is C30H32F6N6O. The van der Waals surface area contributed by atoms with Gasteiger partial charge in [-0.05, 0) is 54.9 Å². The van der Waals surface area contributed by atoms with Crippen LogP contribution in [0.25, 0.3) is 0 Å². The molecule has 1 amide bonds. The van der Waals surface area contributed by atoms with Gasteiger partial charge in [-0.15, -0.1) is 10.2 Å². The Kier molecular flexibility index (Phi) is 7.11. The van der Waals surface area contributed by atoms with Crippen LogP contribution in [-0.4, -0.2) is 69.6 Å². The van der Waals surface area contributed by atoms with Gasteiger partial charge < -0.3 is 14.4 Å². The molecule has 2 aromatic carbocycles. The highest BCUT2D eigenvalue weighted by Crippen LogP contribution is 2.60. The number of rotatable bonds is 6. The molecule has 3 aromatic rings. The number of likely N-dealkylation sites (N-methyl/N-ethyl adjacent to an activating group) is 1. The predicted molar refractivity (Wildman–Crippen MR) is 147 cm³/mol. The van der Waals surface area contributed by atoms with Crippen molar-refractivity contribution in [3.8, 4) is 0 Å². The highest BCUT2D eigenvalue weighted by Gasteiger charge is 2.63. The number of carbonyl (C=O) groups is 1. The van der Waals surface area contributed by atoms with E-state index in [-0.39, 0.29) is 40.8 Å². The number of aromatic nitrogens is 3. The Labute approximate surface area is 245 Å². The molecule has 3 heterocycles. The number of benzene rings is 2. The Balaban J connectivity index is 1.35. The van der Waals surface area contributed by atoms with Crippen molar-refractivity contribution in [3.63, 3.8) is 0 Å². The van der Waals surface area contributed by atoms with E-state index >= 15 is 4.39 Å². The monoisotopic (exact) mass is 606 g/mol.